The number of benzene rings is 2. The minimum absolute atomic E-state index is 0.385. The zero-order valence-electron chi connectivity index (χ0n) is 14.1. The number of nitrogens with one attached hydrogen (secondary N) is 2. The number of hydrogen-bond acceptors (Lipinski definition) is 6. The van der Waals surface area contributed by atoms with Crippen LogP contribution in [0.1, 0.15) is 10.5 Å². The van der Waals surface area contributed by atoms with Crippen LogP contribution in [-0.4, -0.2) is 30.1 Å². The third-order valence-electron chi connectivity index (χ3n) is 4.03. The highest BCUT2D eigenvalue weighted by atomic mass is 32.1. The zero-order chi connectivity index (χ0) is 18.3. The van der Waals surface area contributed by atoms with Crippen molar-refractivity contribution in [2.45, 2.75) is 0 Å². The summed E-state index contributed by atoms with van der Waals surface area (Å²) < 4.78 is 11.6. The molecule has 0 bridgehead atoms. The lowest BCUT2D eigenvalue weighted by Crippen LogP contribution is -2.10. The fourth-order valence-corrected chi connectivity index (χ4v) is 3.67. The fourth-order valence-electron chi connectivity index (χ4n) is 2.78. The van der Waals surface area contributed by atoms with Gasteiger partial charge in [0.2, 0.25) is 0 Å². The summed E-state index contributed by atoms with van der Waals surface area (Å²) in [5, 5.41) is 4.94. The summed E-state index contributed by atoms with van der Waals surface area (Å²) in [7, 11) is 3.21. The highest BCUT2D eigenvalue weighted by Gasteiger charge is 2.11. The molecule has 0 radical (unpaired) electrons. The molecule has 2 aromatic heterocycles. The molecule has 1 amide bonds. The molecule has 8 heteroatoms. The number of aromatic amines is 1. The Morgan fingerprint density at radius 3 is 2.65 bits per heavy atom. The Morgan fingerprint density at radius 1 is 1.15 bits per heavy atom. The molecule has 132 valence electrons. The van der Waals surface area contributed by atoms with Gasteiger partial charge >= 0.3 is 0 Å². The van der Waals surface area contributed by atoms with Crippen molar-refractivity contribution >= 4 is 49.2 Å². The van der Waals surface area contributed by atoms with Gasteiger partial charge in [0.05, 0.1) is 24.4 Å². The molecule has 0 fully saturated rings. The maximum absolute atomic E-state index is 11.3. The largest absolute Gasteiger partial charge is 0.493 e. The number of carbonyl (C=O) groups excluding carboxylic acids is 1. The number of methoxy groups -OCH3 is 2. The van der Waals surface area contributed by atoms with Gasteiger partial charge in [0.25, 0.3) is 5.91 Å². The van der Waals surface area contributed by atoms with Gasteiger partial charge < -0.3 is 25.5 Å². The van der Waals surface area contributed by atoms with Crippen LogP contribution in [0, 0.1) is 0 Å². The van der Waals surface area contributed by atoms with Gasteiger partial charge in [0, 0.05) is 28.7 Å². The normalized spacial score (nSPS) is 11.0. The van der Waals surface area contributed by atoms with Crippen LogP contribution in [0.25, 0.3) is 21.1 Å². The van der Waals surface area contributed by atoms with E-state index < -0.39 is 5.91 Å². The Labute approximate surface area is 152 Å². The van der Waals surface area contributed by atoms with Crippen molar-refractivity contribution in [3.63, 3.8) is 0 Å². The minimum atomic E-state index is -0.482. The van der Waals surface area contributed by atoms with E-state index in [0.717, 1.165) is 31.9 Å². The number of hydrogen-bond donors (Lipinski definition) is 3. The van der Waals surface area contributed by atoms with Gasteiger partial charge in [-0.05, 0) is 24.3 Å². The molecule has 4 rings (SSSR count). The third kappa shape index (κ3) is 2.80. The molecule has 26 heavy (non-hydrogen) atoms. The van der Waals surface area contributed by atoms with E-state index in [2.05, 4.69) is 15.3 Å². The molecule has 0 aliphatic carbocycles. The van der Waals surface area contributed by atoms with Gasteiger partial charge in [-0.25, -0.2) is 4.98 Å². The second kappa shape index (κ2) is 6.23. The van der Waals surface area contributed by atoms with Crippen molar-refractivity contribution in [3.05, 3.63) is 42.1 Å². The molecule has 0 saturated carbocycles. The molecule has 0 aliphatic heterocycles. The van der Waals surface area contributed by atoms with Crippen molar-refractivity contribution in [1.82, 2.24) is 9.97 Å². The number of fused-ring (bicyclic) bond motifs is 2. The molecule has 4 aromatic rings. The van der Waals surface area contributed by atoms with E-state index in [1.165, 1.54) is 11.3 Å². The summed E-state index contributed by atoms with van der Waals surface area (Å²) in [5.74, 6) is 0.831. The van der Waals surface area contributed by atoms with Gasteiger partial charge in [-0.2, -0.15) is 0 Å². The lowest BCUT2D eigenvalue weighted by Gasteiger charge is -2.05. The Balaban J connectivity index is 1.68. The zero-order valence-corrected chi connectivity index (χ0v) is 14.9. The van der Waals surface area contributed by atoms with E-state index in [1.54, 1.807) is 20.3 Å². The molecule has 0 aliphatic rings. The molecule has 4 N–H and O–H groups in total. The summed E-state index contributed by atoms with van der Waals surface area (Å²) in [6.45, 7) is 0. The number of thiazole rings is 1. The number of aromatic nitrogens is 2. The highest BCUT2D eigenvalue weighted by Crippen LogP contribution is 2.37. The molecule has 0 saturated heterocycles. The average molecular weight is 368 g/mol. The summed E-state index contributed by atoms with van der Waals surface area (Å²) in [5.41, 5.74) is 8.24. The van der Waals surface area contributed by atoms with Gasteiger partial charge in [-0.3, -0.25) is 4.79 Å². The number of nitrogens with zero attached hydrogens (tertiary/aromatic N) is 1. The van der Waals surface area contributed by atoms with Crippen LogP contribution >= 0.6 is 11.3 Å². The van der Waals surface area contributed by atoms with Crippen LogP contribution < -0.4 is 20.5 Å². The van der Waals surface area contributed by atoms with E-state index in [4.69, 9.17) is 15.2 Å². The number of H-pyrrole nitrogens is 1. The summed E-state index contributed by atoms with van der Waals surface area (Å²) >= 11 is 1.52. The number of rotatable bonds is 5. The monoisotopic (exact) mass is 368 g/mol. The van der Waals surface area contributed by atoms with Crippen molar-refractivity contribution in [2.75, 3.05) is 19.5 Å². The first-order valence-corrected chi connectivity index (χ1v) is 8.61. The highest BCUT2D eigenvalue weighted by molar-refractivity contribution is 7.22. The number of ether oxygens (including phenoxy) is 2. The van der Waals surface area contributed by atoms with Crippen LogP contribution in [0.2, 0.25) is 0 Å². The molecule has 2 heterocycles. The molecule has 0 spiro atoms. The molecule has 0 atom stereocenters. The van der Waals surface area contributed by atoms with E-state index >= 15 is 0 Å². The van der Waals surface area contributed by atoms with E-state index in [-0.39, 0.29) is 0 Å². The topological polar surface area (TPSA) is 102 Å². The molecule has 0 unspecified atom stereocenters. The molecule has 7 nitrogen and oxygen atoms in total. The quantitative estimate of drug-likeness (QED) is 0.499. The van der Waals surface area contributed by atoms with Crippen molar-refractivity contribution in [2.24, 2.45) is 5.73 Å². The van der Waals surface area contributed by atoms with Crippen LogP contribution in [0.3, 0.4) is 0 Å². The van der Waals surface area contributed by atoms with Crippen LogP contribution in [0.15, 0.2) is 36.4 Å². The maximum Gasteiger partial charge on any atom is 0.265 e. The van der Waals surface area contributed by atoms with Gasteiger partial charge in [-0.15, -0.1) is 0 Å². The van der Waals surface area contributed by atoms with Crippen LogP contribution in [0.4, 0.5) is 10.8 Å². The lowest BCUT2D eigenvalue weighted by atomic mass is 10.2. The SMILES string of the molecule is COc1cc2nc(Nc3ccc4[nH]c(C(N)=O)cc4c3)sc2cc1OC. The van der Waals surface area contributed by atoms with E-state index in [0.29, 0.717) is 17.2 Å². The first-order valence-electron chi connectivity index (χ1n) is 7.79. The van der Waals surface area contributed by atoms with Crippen LogP contribution in [-0.2, 0) is 0 Å². The molecular formula is C18H16N4O3S. The Kier molecular flexibility index (Phi) is 3.89. The number of amides is 1. The fraction of sp³-hybridized carbons (Fsp3) is 0.111. The van der Waals surface area contributed by atoms with E-state index in [1.807, 2.05) is 30.3 Å². The second-order valence-electron chi connectivity index (χ2n) is 5.67. The van der Waals surface area contributed by atoms with Gasteiger partial charge in [-0.1, -0.05) is 11.3 Å². The standard InChI is InChI=1S/C18H16N4O3S/c1-24-14-7-12-16(8-15(14)25-2)26-18(22-12)20-10-3-4-11-9(5-10)6-13(21-11)17(19)23/h3-8,21H,1-2H3,(H2,19,23)(H,20,22). The number of primary amides is 1. The Hall–Kier alpha value is -3.26. The average Bonchev–Trinajstić information content (AvgIpc) is 3.22. The first kappa shape index (κ1) is 16.2. The van der Waals surface area contributed by atoms with Gasteiger partial charge in [0.1, 0.15) is 5.69 Å². The predicted molar refractivity (Wildman–Crippen MR) is 103 cm³/mol. The maximum atomic E-state index is 11.3. The Bertz CT molecular complexity index is 1090. The van der Waals surface area contributed by atoms with Crippen molar-refractivity contribution < 1.29 is 14.3 Å². The predicted octanol–water partition coefficient (Wildman–Crippen LogP) is 3.64. The minimum Gasteiger partial charge on any atom is -0.493 e. The number of carbonyl (C=O) groups is 1. The smallest absolute Gasteiger partial charge is 0.265 e. The first-order chi connectivity index (χ1) is 12.6. The summed E-state index contributed by atoms with van der Waals surface area (Å²) in [4.78, 5) is 18.9. The van der Waals surface area contributed by atoms with Gasteiger partial charge in [0.15, 0.2) is 16.6 Å². The number of anilines is 2. The summed E-state index contributed by atoms with van der Waals surface area (Å²) in [6, 6.07) is 11.2. The number of nitrogens with two attached hydrogens (primary N) is 1. The second-order valence-corrected chi connectivity index (χ2v) is 6.70. The third-order valence-corrected chi connectivity index (χ3v) is 4.96. The molecule has 2 aromatic carbocycles. The van der Waals surface area contributed by atoms with Crippen LogP contribution in [0.5, 0.6) is 11.5 Å². The Morgan fingerprint density at radius 2 is 1.92 bits per heavy atom. The molecular weight excluding hydrogens is 352 g/mol. The van der Waals surface area contributed by atoms with Crippen molar-refractivity contribution in [1.29, 1.82) is 0 Å². The summed E-state index contributed by atoms with van der Waals surface area (Å²) in [6.07, 6.45) is 0. The van der Waals surface area contributed by atoms with E-state index in [9.17, 15) is 4.79 Å². The lowest BCUT2D eigenvalue weighted by molar-refractivity contribution is 0.0996. The van der Waals surface area contributed by atoms with Crippen molar-refractivity contribution in [3.8, 4) is 11.5 Å².